The molecule has 150 valence electrons. The van der Waals surface area contributed by atoms with Crippen LogP contribution in [0.1, 0.15) is 85.0 Å². The van der Waals surface area contributed by atoms with Crippen LogP contribution in [0.25, 0.3) is 0 Å². The fourth-order valence-electron chi connectivity index (χ4n) is 7.01. The first-order chi connectivity index (χ1) is 12.4. The summed E-state index contributed by atoms with van der Waals surface area (Å²) < 4.78 is 0. The monoisotopic (exact) mass is 362 g/mol. The van der Waals surface area contributed by atoms with Gasteiger partial charge in [0.15, 0.2) is 0 Å². The molecule has 1 aliphatic heterocycles. The Morgan fingerprint density at radius 2 is 2.04 bits per heavy atom. The molecule has 6 unspecified atom stereocenters. The summed E-state index contributed by atoms with van der Waals surface area (Å²) in [5.74, 6) is 4.47. The van der Waals surface area contributed by atoms with Crippen LogP contribution in [-0.4, -0.2) is 30.4 Å². The third kappa shape index (κ3) is 3.57. The van der Waals surface area contributed by atoms with Crippen molar-refractivity contribution in [3.63, 3.8) is 0 Å². The molecule has 0 bridgehead atoms. The number of nitrogens with zero attached hydrogens (tertiary/aromatic N) is 1. The number of unbranched alkanes of at least 4 members (excludes halogenated alkanes) is 1. The molecule has 26 heavy (non-hydrogen) atoms. The standard InChI is InChI=1S/C23H42N2O/c1-5-6-7-20-19(18-9-8-17(14-18)16(2)15-24)10-11-21-23(20,3)13-12-22(26)25(21)4/h16-21H,5-15,24H2,1-4H3/t16?,17?,18?,19?,20?,21-,23?/m1/s1. The maximum atomic E-state index is 12.3. The van der Waals surface area contributed by atoms with Gasteiger partial charge in [0, 0.05) is 19.5 Å². The number of fused-ring (bicyclic) bond motifs is 1. The highest BCUT2D eigenvalue weighted by Gasteiger charge is 2.54. The van der Waals surface area contributed by atoms with E-state index in [9.17, 15) is 4.79 Å². The zero-order valence-corrected chi connectivity index (χ0v) is 17.7. The number of nitrogens with two attached hydrogens (primary N) is 1. The van der Waals surface area contributed by atoms with Gasteiger partial charge in [0.05, 0.1) is 0 Å². The second-order valence-electron chi connectivity index (χ2n) is 10.1. The number of amides is 1. The average molecular weight is 363 g/mol. The summed E-state index contributed by atoms with van der Waals surface area (Å²) in [6.45, 7) is 8.04. The van der Waals surface area contributed by atoms with Crippen LogP contribution in [0, 0.1) is 35.0 Å². The molecule has 2 aliphatic carbocycles. The van der Waals surface area contributed by atoms with E-state index in [1.165, 1.54) is 51.4 Å². The van der Waals surface area contributed by atoms with E-state index >= 15 is 0 Å². The van der Waals surface area contributed by atoms with E-state index in [2.05, 4.69) is 32.7 Å². The number of piperidine rings is 1. The van der Waals surface area contributed by atoms with Crippen LogP contribution >= 0.6 is 0 Å². The predicted molar refractivity (Wildman–Crippen MR) is 109 cm³/mol. The molecule has 0 aromatic carbocycles. The van der Waals surface area contributed by atoms with Crippen molar-refractivity contribution < 1.29 is 4.79 Å². The maximum absolute atomic E-state index is 12.3. The van der Waals surface area contributed by atoms with Crippen LogP contribution in [-0.2, 0) is 4.79 Å². The summed E-state index contributed by atoms with van der Waals surface area (Å²) in [6, 6.07) is 0.474. The summed E-state index contributed by atoms with van der Waals surface area (Å²) in [5, 5.41) is 0. The van der Waals surface area contributed by atoms with Gasteiger partial charge >= 0.3 is 0 Å². The molecule has 1 saturated heterocycles. The smallest absolute Gasteiger partial charge is 0.222 e. The number of hydrogen-bond donors (Lipinski definition) is 1. The van der Waals surface area contributed by atoms with Gasteiger partial charge in [-0.25, -0.2) is 0 Å². The molecular formula is C23H42N2O. The molecule has 0 radical (unpaired) electrons. The second kappa shape index (κ2) is 8.20. The molecule has 2 N–H and O–H groups in total. The lowest BCUT2D eigenvalue weighted by Crippen LogP contribution is -2.59. The maximum Gasteiger partial charge on any atom is 0.222 e. The third-order valence-corrected chi connectivity index (χ3v) is 8.80. The fourth-order valence-corrected chi connectivity index (χ4v) is 7.01. The van der Waals surface area contributed by atoms with Gasteiger partial charge in [-0.15, -0.1) is 0 Å². The van der Waals surface area contributed by atoms with E-state index in [1.807, 2.05) is 0 Å². The summed E-state index contributed by atoms with van der Waals surface area (Å²) >= 11 is 0. The van der Waals surface area contributed by atoms with Crippen molar-refractivity contribution in [1.29, 1.82) is 0 Å². The second-order valence-corrected chi connectivity index (χ2v) is 10.1. The summed E-state index contributed by atoms with van der Waals surface area (Å²) in [7, 11) is 2.07. The molecule has 0 aromatic rings. The van der Waals surface area contributed by atoms with Crippen molar-refractivity contribution >= 4 is 5.91 Å². The van der Waals surface area contributed by atoms with Crippen LogP contribution in [0.5, 0.6) is 0 Å². The Kier molecular flexibility index (Phi) is 6.37. The summed E-state index contributed by atoms with van der Waals surface area (Å²) in [4.78, 5) is 14.4. The average Bonchev–Trinajstić information content (AvgIpc) is 3.12. The van der Waals surface area contributed by atoms with Gasteiger partial charge in [-0.1, -0.05) is 33.6 Å². The van der Waals surface area contributed by atoms with Crippen molar-refractivity contribution in [3.05, 3.63) is 0 Å². The van der Waals surface area contributed by atoms with Crippen LogP contribution in [0.2, 0.25) is 0 Å². The molecule has 3 aliphatic rings. The SMILES string of the molecule is CCCCC1C(C2CCC(C(C)CN)C2)CC[C@H]2N(C)C(=O)CCC12C. The Morgan fingerprint density at radius 3 is 2.73 bits per heavy atom. The van der Waals surface area contributed by atoms with Crippen molar-refractivity contribution in [2.45, 2.75) is 91.0 Å². The minimum atomic E-state index is 0.332. The normalized spacial score (nSPS) is 42.0. The minimum absolute atomic E-state index is 0.332. The van der Waals surface area contributed by atoms with Crippen LogP contribution in [0.3, 0.4) is 0 Å². The molecule has 0 spiro atoms. The molecular weight excluding hydrogens is 320 g/mol. The fraction of sp³-hybridized carbons (Fsp3) is 0.957. The molecule has 1 amide bonds. The van der Waals surface area contributed by atoms with Crippen molar-refractivity contribution in [3.8, 4) is 0 Å². The third-order valence-electron chi connectivity index (χ3n) is 8.80. The summed E-state index contributed by atoms with van der Waals surface area (Å²) in [5.41, 5.74) is 6.30. The number of likely N-dealkylation sites (tertiary alicyclic amines) is 1. The van der Waals surface area contributed by atoms with Gasteiger partial charge < -0.3 is 10.6 Å². The van der Waals surface area contributed by atoms with Crippen LogP contribution < -0.4 is 5.73 Å². The molecule has 2 saturated carbocycles. The van der Waals surface area contributed by atoms with Gasteiger partial charge in [-0.2, -0.15) is 0 Å². The highest BCUT2D eigenvalue weighted by Crippen LogP contribution is 2.57. The van der Waals surface area contributed by atoms with Crippen molar-refractivity contribution in [1.82, 2.24) is 4.90 Å². The molecule has 7 atom stereocenters. The molecule has 3 rings (SSSR count). The zero-order valence-electron chi connectivity index (χ0n) is 17.7. The topological polar surface area (TPSA) is 46.3 Å². The lowest BCUT2D eigenvalue weighted by Gasteiger charge is -2.57. The van der Waals surface area contributed by atoms with Gasteiger partial charge in [-0.3, -0.25) is 4.79 Å². The number of rotatable bonds is 6. The Morgan fingerprint density at radius 1 is 1.27 bits per heavy atom. The Hall–Kier alpha value is -0.570. The molecule has 0 aromatic heterocycles. The first kappa shape index (κ1) is 20.2. The Bertz CT molecular complexity index is 493. The lowest BCUT2D eigenvalue weighted by molar-refractivity contribution is -0.150. The van der Waals surface area contributed by atoms with E-state index in [4.69, 9.17) is 5.73 Å². The number of carbonyl (C=O) groups excluding carboxylic acids is 1. The van der Waals surface area contributed by atoms with E-state index in [-0.39, 0.29) is 0 Å². The van der Waals surface area contributed by atoms with E-state index in [1.54, 1.807) is 0 Å². The first-order valence-electron chi connectivity index (χ1n) is 11.4. The van der Waals surface area contributed by atoms with Crippen LogP contribution in [0.15, 0.2) is 0 Å². The van der Waals surface area contributed by atoms with Gasteiger partial charge in [-0.05, 0) is 86.5 Å². The van der Waals surface area contributed by atoms with Crippen molar-refractivity contribution in [2.24, 2.45) is 40.7 Å². The van der Waals surface area contributed by atoms with Gasteiger partial charge in [0.25, 0.3) is 0 Å². The van der Waals surface area contributed by atoms with E-state index < -0.39 is 0 Å². The number of carbonyl (C=O) groups is 1. The molecule has 3 fully saturated rings. The highest BCUT2D eigenvalue weighted by atomic mass is 16.2. The predicted octanol–water partition coefficient (Wildman–Crippen LogP) is 4.84. The Balaban J connectivity index is 1.79. The Labute approximate surface area is 161 Å². The van der Waals surface area contributed by atoms with Crippen molar-refractivity contribution in [2.75, 3.05) is 13.6 Å². The van der Waals surface area contributed by atoms with Gasteiger partial charge in [0.2, 0.25) is 5.91 Å². The first-order valence-corrected chi connectivity index (χ1v) is 11.4. The van der Waals surface area contributed by atoms with Crippen LogP contribution in [0.4, 0.5) is 0 Å². The summed E-state index contributed by atoms with van der Waals surface area (Å²) in [6.07, 6.45) is 12.6. The lowest BCUT2D eigenvalue weighted by atomic mass is 9.53. The number of hydrogen-bond acceptors (Lipinski definition) is 2. The molecule has 3 heteroatoms. The minimum Gasteiger partial charge on any atom is -0.342 e. The van der Waals surface area contributed by atoms with Gasteiger partial charge in [0.1, 0.15) is 0 Å². The highest BCUT2D eigenvalue weighted by molar-refractivity contribution is 5.77. The molecule has 3 nitrogen and oxygen atoms in total. The quantitative estimate of drug-likeness (QED) is 0.735. The molecule has 1 heterocycles. The zero-order chi connectivity index (χ0) is 18.9. The van der Waals surface area contributed by atoms with E-state index in [0.29, 0.717) is 23.3 Å². The largest absolute Gasteiger partial charge is 0.342 e. The van der Waals surface area contributed by atoms with E-state index in [0.717, 1.165) is 43.1 Å².